The van der Waals surface area contributed by atoms with Gasteiger partial charge in [0.2, 0.25) is 5.88 Å². The van der Waals surface area contributed by atoms with Crippen molar-refractivity contribution in [1.29, 1.82) is 0 Å². The Labute approximate surface area is 96.3 Å². The zero-order chi connectivity index (χ0) is 11.0. The molecule has 0 aliphatic heterocycles. The quantitative estimate of drug-likeness (QED) is 0.868. The smallest absolute Gasteiger partial charge is 0.268 e. The molecule has 4 nitrogen and oxygen atoms in total. The average Bonchev–Trinajstić information content (AvgIpc) is 2.94. The minimum absolute atomic E-state index is 0.124. The Kier molecular flexibility index (Phi) is 2.25. The van der Waals surface area contributed by atoms with Crippen LogP contribution in [-0.4, -0.2) is 11.1 Å². The monoisotopic (exact) mass is 234 g/mol. The molecule has 2 aromatic rings. The predicted octanol–water partition coefficient (Wildman–Crippen LogP) is 2.48. The number of rotatable bonds is 2. The first-order chi connectivity index (χ1) is 7.84. The second-order valence-corrected chi connectivity index (χ2v) is 4.67. The van der Waals surface area contributed by atoms with Crippen LogP contribution in [0.5, 0.6) is 0 Å². The van der Waals surface area contributed by atoms with E-state index in [1.807, 2.05) is 11.4 Å². The maximum absolute atomic E-state index is 11.8. The van der Waals surface area contributed by atoms with E-state index in [1.54, 1.807) is 6.07 Å². The molecule has 0 bridgehead atoms. The van der Waals surface area contributed by atoms with Gasteiger partial charge in [-0.2, -0.15) is 0 Å². The molecule has 82 valence electrons. The zero-order valence-electron chi connectivity index (χ0n) is 8.53. The van der Waals surface area contributed by atoms with Crippen molar-refractivity contribution in [3.05, 3.63) is 33.6 Å². The van der Waals surface area contributed by atoms with Gasteiger partial charge in [-0.15, -0.1) is 11.3 Å². The second-order valence-electron chi connectivity index (χ2n) is 3.72. The molecular weight excluding hydrogens is 224 g/mol. The van der Waals surface area contributed by atoms with Crippen molar-refractivity contribution >= 4 is 23.1 Å². The van der Waals surface area contributed by atoms with Crippen molar-refractivity contribution < 1.29 is 9.32 Å². The third-order valence-corrected chi connectivity index (χ3v) is 3.55. The molecule has 0 unspecified atom stereocenters. The third kappa shape index (κ3) is 1.53. The molecule has 2 aromatic heterocycles. The van der Waals surface area contributed by atoms with Crippen LogP contribution in [0, 0.1) is 0 Å². The van der Waals surface area contributed by atoms with Gasteiger partial charge >= 0.3 is 0 Å². The van der Waals surface area contributed by atoms with Crippen LogP contribution < -0.4 is 5.32 Å². The highest BCUT2D eigenvalue weighted by atomic mass is 32.1. The van der Waals surface area contributed by atoms with E-state index >= 15 is 0 Å². The number of carbonyl (C=O) groups excluding carboxylic acids is 1. The molecule has 16 heavy (non-hydrogen) atoms. The highest BCUT2D eigenvalue weighted by Gasteiger charge is 2.22. The summed E-state index contributed by atoms with van der Waals surface area (Å²) in [6, 6.07) is 3.64. The van der Waals surface area contributed by atoms with Gasteiger partial charge in [0.1, 0.15) is 0 Å². The number of fused-ring (bicyclic) bond motifs is 1. The highest BCUT2D eigenvalue weighted by molar-refractivity contribution is 7.12. The van der Waals surface area contributed by atoms with Crippen molar-refractivity contribution in [3.63, 3.8) is 0 Å². The first-order valence-corrected chi connectivity index (χ1v) is 6.05. The van der Waals surface area contributed by atoms with Crippen LogP contribution in [0.4, 0.5) is 5.88 Å². The van der Waals surface area contributed by atoms with Crippen molar-refractivity contribution in [1.82, 2.24) is 5.16 Å². The van der Waals surface area contributed by atoms with E-state index in [2.05, 4.69) is 10.5 Å². The van der Waals surface area contributed by atoms with Crippen LogP contribution in [0.2, 0.25) is 0 Å². The Hall–Kier alpha value is -1.62. The molecule has 0 atom stereocenters. The average molecular weight is 234 g/mol. The highest BCUT2D eigenvalue weighted by Crippen LogP contribution is 2.28. The van der Waals surface area contributed by atoms with E-state index in [9.17, 15) is 4.79 Å². The minimum Gasteiger partial charge on any atom is -0.338 e. The van der Waals surface area contributed by atoms with Gasteiger partial charge < -0.3 is 4.52 Å². The second kappa shape index (κ2) is 3.75. The molecule has 0 spiro atoms. The summed E-state index contributed by atoms with van der Waals surface area (Å²) in [5, 5.41) is 8.59. The van der Waals surface area contributed by atoms with Gasteiger partial charge in [0.15, 0.2) is 0 Å². The van der Waals surface area contributed by atoms with Gasteiger partial charge in [-0.3, -0.25) is 10.1 Å². The molecule has 0 radical (unpaired) electrons. The molecule has 1 N–H and O–H groups in total. The van der Waals surface area contributed by atoms with Crippen molar-refractivity contribution in [2.45, 2.75) is 19.3 Å². The lowest BCUT2D eigenvalue weighted by Gasteiger charge is -1.99. The molecule has 1 amide bonds. The zero-order valence-corrected chi connectivity index (χ0v) is 9.34. The number of anilines is 1. The Morgan fingerprint density at radius 1 is 1.50 bits per heavy atom. The molecule has 0 aromatic carbocycles. The molecule has 1 aliphatic rings. The van der Waals surface area contributed by atoms with Gasteiger partial charge in [-0.25, -0.2) is 0 Å². The number of nitrogens with zero attached hydrogens (tertiary/aromatic N) is 1. The normalized spacial score (nSPS) is 13.8. The summed E-state index contributed by atoms with van der Waals surface area (Å²) in [6.45, 7) is 0. The van der Waals surface area contributed by atoms with E-state index in [0.29, 0.717) is 10.8 Å². The first kappa shape index (κ1) is 9.59. The third-order valence-electron chi connectivity index (χ3n) is 2.68. The molecule has 0 fully saturated rings. The van der Waals surface area contributed by atoms with Crippen LogP contribution in [-0.2, 0) is 12.8 Å². The molecule has 1 aliphatic carbocycles. The fraction of sp³-hybridized carbons (Fsp3) is 0.273. The molecule has 5 heteroatoms. The van der Waals surface area contributed by atoms with Gasteiger partial charge in [0, 0.05) is 5.56 Å². The fourth-order valence-electron chi connectivity index (χ4n) is 1.90. The lowest BCUT2D eigenvalue weighted by Crippen LogP contribution is -2.10. The van der Waals surface area contributed by atoms with Crippen molar-refractivity contribution in [3.8, 4) is 0 Å². The molecule has 0 saturated carbocycles. The summed E-state index contributed by atoms with van der Waals surface area (Å²) in [4.78, 5) is 12.5. The Morgan fingerprint density at radius 3 is 3.25 bits per heavy atom. The van der Waals surface area contributed by atoms with Crippen LogP contribution >= 0.6 is 11.3 Å². The number of hydrogen-bond donors (Lipinski definition) is 1. The van der Waals surface area contributed by atoms with E-state index in [1.165, 1.54) is 11.3 Å². The standard InChI is InChI=1S/C11H10N2O2S/c14-10(9-5-2-6-16-9)12-11-7-3-1-4-8(7)13-15-11/h2,5-6H,1,3-4H2,(H,12,14). The minimum atomic E-state index is -0.124. The number of thiophene rings is 1. The first-order valence-electron chi connectivity index (χ1n) is 5.17. The Balaban J connectivity index is 1.82. The number of aromatic nitrogens is 1. The summed E-state index contributed by atoms with van der Waals surface area (Å²) in [6.07, 6.45) is 2.99. The number of amides is 1. The number of aryl methyl sites for hydroxylation is 1. The molecular formula is C11H10N2O2S. The number of hydrogen-bond acceptors (Lipinski definition) is 4. The van der Waals surface area contributed by atoms with Crippen LogP contribution in [0.25, 0.3) is 0 Å². The maximum atomic E-state index is 11.8. The number of nitrogens with one attached hydrogen (secondary N) is 1. The summed E-state index contributed by atoms with van der Waals surface area (Å²) in [7, 11) is 0. The summed E-state index contributed by atoms with van der Waals surface area (Å²) in [5.41, 5.74) is 2.05. The fourth-order valence-corrected chi connectivity index (χ4v) is 2.52. The van der Waals surface area contributed by atoms with E-state index in [-0.39, 0.29) is 5.91 Å². The van der Waals surface area contributed by atoms with Crippen LogP contribution in [0.3, 0.4) is 0 Å². The summed E-state index contributed by atoms with van der Waals surface area (Å²) >= 11 is 1.41. The topological polar surface area (TPSA) is 55.1 Å². The number of carbonyl (C=O) groups is 1. The summed E-state index contributed by atoms with van der Waals surface area (Å²) < 4.78 is 5.13. The Bertz CT molecular complexity index is 516. The van der Waals surface area contributed by atoms with Crippen LogP contribution in [0.15, 0.2) is 22.0 Å². The molecule has 2 heterocycles. The predicted molar refractivity (Wildman–Crippen MR) is 60.8 cm³/mol. The van der Waals surface area contributed by atoms with E-state index in [0.717, 1.165) is 30.5 Å². The summed E-state index contributed by atoms with van der Waals surface area (Å²) in [5.74, 6) is 0.395. The van der Waals surface area contributed by atoms with Gasteiger partial charge in [-0.05, 0) is 30.7 Å². The van der Waals surface area contributed by atoms with Crippen molar-refractivity contribution in [2.75, 3.05) is 5.32 Å². The van der Waals surface area contributed by atoms with E-state index < -0.39 is 0 Å². The van der Waals surface area contributed by atoms with Gasteiger partial charge in [0.25, 0.3) is 5.91 Å². The molecule has 0 saturated heterocycles. The van der Waals surface area contributed by atoms with Gasteiger partial charge in [-0.1, -0.05) is 11.2 Å². The van der Waals surface area contributed by atoms with Crippen LogP contribution in [0.1, 0.15) is 27.3 Å². The largest absolute Gasteiger partial charge is 0.338 e. The Morgan fingerprint density at radius 2 is 2.44 bits per heavy atom. The van der Waals surface area contributed by atoms with Crippen molar-refractivity contribution in [2.24, 2.45) is 0 Å². The maximum Gasteiger partial charge on any atom is 0.268 e. The van der Waals surface area contributed by atoms with E-state index in [4.69, 9.17) is 4.52 Å². The SMILES string of the molecule is O=C(Nc1onc2c1CCC2)c1cccs1. The van der Waals surface area contributed by atoms with Gasteiger partial charge in [0.05, 0.1) is 10.6 Å². The lowest BCUT2D eigenvalue weighted by molar-refractivity contribution is 0.102. The molecule has 3 rings (SSSR count). The lowest BCUT2D eigenvalue weighted by atomic mass is 10.2.